The first-order chi connectivity index (χ1) is 18.8. The molecule has 0 radical (unpaired) electrons. The summed E-state index contributed by atoms with van der Waals surface area (Å²) < 4.78 is 58.8. The first kappa shape index (κ1) is 31.3. The van der Waals surface area contributed by atoms with Gasteiger partial charge in [0.25, 0.3) is 0 Å². The largest absolute Gasteiger partial charge is 0.573 e. The minimum absolute atomic E-state index is 0.0158. The standard InChI is InChI=1S/C30H38F3NO6/c1-20-25(17-22-13-15-24(16-14-22)39-30(31,32)33)23(12-8-11-21-9-6-5-7-10-21)18-37-19-26(27(35)38-20)34-28(36)40-29(2,3)4/h5-7,9-10,13-16,20,23,25-26H,8,11-12,17-19H2,1-4H3,(H,34,36)/t20-,23-,25-,26-/m0/s1. The van der Waals surface area contributed by atoms with Crippen LogP contribution in [0.4, 0.5) is 18.0 Å². The number of alkyl carbamates (subject to hydrolysis) is 1. The number of ether oxygens (including phenoxy) is 4. The maximum atomic E-state index is 13.0. The molecule has 0 spiro atoms. The van der Waals surface area contributed by atoms with Crippen LogP contribution in [0.5, 0.6) is 5.75 Å². The predicted octanol–water partition coefficient (Wildman–Crippen LogP) is 6.24. The lowest BCUT2D eigenvalue weighted by Crippen LogP contribution is -2.47. The smallest absolute Gasteiger partial charge is 0.461 e. The maximum absolute atomic E-state index is 13.0. The van der Waals surface area contributed by atoms with Gasteiger partial charge in [-0.3, -0.25) is 0 Å². The van der Waals surface area contributed by atoms with Crippen molar-refractivity contribution in [3.8, 4) is 5.75 Å². The van der Waals surface area contributed by atoms with Crippen molar-refractivity contribution in [2.45, 2.75) is 77.5 Å². The van der Waals surface area contributed by atoms with Crippen LogP contribution >= 0.6 is 0 Å². The third-order valence-corrected chi connectivity index (χ3v) is 6.61. The van der Waals surface area contributed by atoms with Gasteiger partial charge in [-0.05, 0) is 82.6 Å². The van der Waals surface area contributed by atoms with Crippen molar-refractivity contribution in [1.82, 2.24) is 5.32 Å². The molecule has 1 aliphatic heterocycles. The predicted molar refractivity (Wildman–Crippen MR) is 143 cm³/mol. The quantitative estimate of drug-likeness (QED) is 0.382. The number of alkyl halides is 3. The van der Waals surface area contributed by atoms with E-state index >= 15 is 0 Å². The van der Waals surface area contributed by atoms with Gasteiger partial charge in [-0.1, -0.05) is 42.5 Å². The number of rotatable bonds is 8. The van der Waals surface area contributed by atoms with Crippen LogP contribution in [-0.4, -0.2) is 49.4 Å². The Hall–Kier alpha value is -3.27. The topological polar surface area (TPSA) is 83.1 Å². The van der Waals surface area contributed by atoms with E-state index < -0.39 is 36.2 Å². The van der Waals surface area contributed by atoms with Gasteiger partial charge in [0.15, 0.2) is 6.04 Å². The van der Waals surface area contributed by atoms with Crippen LogP contribution < -0.4 is 10.1 Å². The Kier molecular flexibility index (Phi) is 10.8. The molecule has 10 heteroatoms. The fourth-order valence-electron chi connectivity index (χ4n) is 4.76. The fourth-order valence-corrected chi connectivity index (χ4v) is 4.76. The Morgan fingerprint density at radius 2 is 1.68 bits per heavy atom. The van der Waals surface area contributed by atoms with E-state index in [0.29, 0.717) is 13.0 Å². The van der Waals surface area contributed by atoms with Gasteiger partial charge in [-0.2, -0.15) is 0 Å². The summed E-state index contributed by atoms with van der Waals surface area (Å²) in [5.74, 6) is -1.14. The second kappa shape index (κ2) is 13.9. The van der Waals surface area contributed by atoms with Crippen LogP contribution in [0.25, 0.3) is 0 Å². The zero-order chi connectivity index (χ0) is 29.3. The van der Waals surface area contributed by atoms with Crippen LogP contribution in [0.2, 0.25) is 0 Å². The van der Waals surface area contributed by atoms with E-state index in [0.717, 1.165) is 24.8 Å². The highest BCUT2D eigenvalue weighted by molar-refractivity contribution is 5.81. The van der Waals surface area contributed by atoms with Gasteiger partial charge in [0.05, 0.1) is 6.61 Å². The molecule has 1 N–H and O–H groups in total. The Labute approximate surface area is 233 Å². The first-order valence-corrected chi connectivity index (χ1v) is 13.5. The van der Waals surface area contributed by atoms with Crippen molar-refractivity contribution < 1.29 is 41.7 Å². The molecule has 0 bridgehead atoms. The molecule has 0 aromatic heterocycles. The molecule has 1 aliphatic rings. The third kappa shape index (κ3) is 10.7. The lowest BCUT2D eigenvalue weighted by atomic mass is 9.80. The molecule has 0 saturated carbocycles. The first-order valence-electron chi connectivity index (χ1n) is 13.5. The average Bonchev–Trinajstić information content (AvgIpc) is 2.89. The summed E-state index contributed by atoms with van der Waals surface area (Å²) in [4.78, 5) is 25.3. The summed E-state index contributed by atoms with van der Waals surface area (Å²) in [6.07, 6.45) is -3.11. The number of benzene rings is 2. The summed E-state index contributed by atoms with van der Waals surface area (Å²) in [5, 5.41) is 2.54. The average molecular weight is 566 g/mol. The highest BCUT2D eigenvalue weighted by atomic mass is 19.4. The number of carbonyl (C=O) groups is 2. The summed E-state index contributed by atoms with van der Waals surface area (Å²) >= 11 is 0. The molecule has 1 heterocycles. The van der Waals surface area contributed by atoms with Crippen molar-refractivity contribution in [2.75, 3.05) is 13.2 Å². The molecule has 2 aromatic carbocycles. The van der Waals surface area contributed by atoms with E-state index in [1.54, 1.807) is 39.8 Å². The summed E-state index contributed by atoms with van der Waals surface area (Å²) in [5.41, 5.74) is 1.25. The highest BCUT2D eigenvalue weighted by Crippen LogP contribution is 2.31. The fraction of sp³-hybridized carbons (Fsp3) is 0.533. The lowest BCUT2D eigenvalue weighted by Gasteiger charge is -2.31. The van der Waals surface area contributed by atoms with Gasteiger partial charge in [-0.15, -0.1) is 13.2 Å². The molecule has 2 aromatic rings. The number of esters is 1. The number of hydrogen-bond donors (Lipinski definition) is 1. The molecule has 0 aliphatic carbocycles. The summed E-state index contributed by atoms with van der Waals surface area (Å²) in [6, 6.07) is 14.8. The van der Waals surface area contributed by atoms with E-state index in [2.05, 4.69) is 22.2 Å². The van der Waals surface area contributed by atoms with Gasteiger partial charge in [-0.25, -0.2) is 9.59 Å². The molecule has 4 atom stereocenters. The van der Waals surface area contributed by atoms with E-state index in [9.17, 15) is 22.8 Å². The van der Waals surface area contributed by atoms with Gasteiger partial charge in [0.2, 0.25) is 0 Å². The van der Waals surface area contributed by atoms with Crippen LogP contribution in [0, 0.1) is 11.8 Å². The molecule has 1 saturated heterocycles. The number of hydrogen-bond acceptors (Lipinski definition) is 6. The van der Waals surface area contributed by atoms with Gasteiger partial charge < -0.3 is 24.3 Å². The second-order valence-corrected chi connectivity index (χ2v) is 11.1. The van der Waals surface area contributed by atoms with Crippen molar-refractivity contribution in [3.63, 3.8) is 0 Å². The van der Waals surface area contributed by atoms with Crippen LogP contribution in [0.15, 0.2) is 54.6 Å². The second-order valence-electron chi connectivity index (χ2n) is 11.1. The summed E-state index contributed by atoms with van der Waals surface area (Å²) in [7, 11) is 0. The number of halogens is 3. The molecule has 0 unspecified atom stereocenters. The van der Waals surface area contributed by atoms with Crippen molar-refractivity contribution >= 4 is 12.1 Å². The summed E-state index contributed by atoms with van der Waals surface area (Å²) in [6.45, 7) is 7.21. The Bertz CT molecular complexity index is 1090. The maximum Gasteiger partial charge on any atom is 0.573 e. The Morgan fingerprint density at radius 3 is 2.30 bits per heavy atom. The van der Waals surface area contributed by atoms with Crippen molar-refractivity contribution in [3.05, 3.63) is 65.7 Å². The molecule has 3 rings (SSSR count). The molecule has 1 amide bonds. The zero-order valence-electron chi connectivity index (χ0n) is 23.3. The van der Waals surface area contributed by atoms with E-state index in [-0.39, 0.29) is 24.2 Å². The van der Waals surface area contributed by atoms with Crippen LogP contribution in [0.1, 0.15) is 51.7 Å². The highest BCUT2D eigenvalue weighted by Gasteiger charge is 2.35. The van der Waals surface area contributed by atoms with E-state index in [1.807, 2.05) is 18.2 Å². The molecular formula is C30H38F3NO6. The third-order valence-electron chi connectivity index (χ3n) is 6.61. The van der Waals surface area contributed by atoms with Crippen molar-refractivity contribution in [1.29, 1.82) is 0 Å². The number of amides is 1. The zero-order valence-corrected chi connectivity index (χ0v) is 23.3. The van der Waals surface area contributed by atoms with Gasteiger partial charge >= 0.3 is 18.4 Å². The molecule has 7 nitrogen and oxygen atoms in total. The SMILES string of the molecule is C[C@@H]1OC(=O)[C@@H](NC(=O)OC(C)(C)C)COC[C@H](CCCc2ccccc2)[C@H]1Cc1ccc(OC(F)(F)F)cc1. The Morgan fingerprint density at radius 1 is 1.00 bits per heavy atom. The number of cyclic esters (lactones) is 1. The molecule has 40 heavy (non-hydrogen) atoms. The monoisotopic (exact) mass is 565 g/mol. The molecule has 1 fully saturated rings. The van der Waals surface area contributed by atoms with E-state index in [4.69, 9.17) is 14.2 Å². The minimum Gasteiger partial charge on any atom is -0.461 e. The molecular weight excluding hydrogens is 527 g/mol. The lowest BCUT2D eigenvalue weighted by molar-refractivity contribution is -0.274. The number of carbonyl (C=O) groups excluding carboxylic acids is 2. The van der Waals surface area contributed by atoms with Crippen LogP contribution in [0.3, 0.4) is 0 Å². The number of nitrogens with one attached hydrogen (secondary N) is 1. The normalized spacial score (nSPS) is 22.3. The number of aryl methyl sites for hydroxylation is 1. The van der Waals surface area contributed by atoms with Crippen molar-refractivity contribution in [2.24, 2.45) is 11.8 Å². The van der Waals surface area contributed by atoms with E-state index in [1.165, 1.54) is 17.7 Å². The Balaban J connectivity index is 1.75. The minimum atomic E-state index is -4.77. The van der Waals surface area contributed by atoms with Crippen LogP contribution in [-0.2, 0) is 31.8 Å². The van der Waals surface area contributed by atoms with Gasteiger partial charge in [0, 0.05) is 12.5 Å². The van der Waals surface area contributed by atoms with Gasteiger partial charge in [0.1, 0.15) is 17.5 Å². The molecule has 220 valence electrons.